The van der Waals surface area contributed by atoms with Crippen molar-refractivity contribution in [2.45, 2.75) is 45.1 Å². The molecular weight excluding hydrogens is 452 g/mol. The number of methoxy groups -OCH3 is 1. The second kappa shape index (κ2) is 11.1. The summed E-state index contributed by atoms with van der Waals surface area (Å²) in [6.45, 7) is 8.37. The Morgan fingerprint density at radius 2 is 1.83 bits per heavy atom. The molecule has 2 fully saturated rings. The van der Waals surface area contributed by atoms with E-state index >= 15 is 0 Å². The number of likely N-dealkylation sites (tertiary alicyclic amines) is 2. The minimum Gasteiger partial charge on any atom is -0.493 e. The van der Waals surface area contributed by atoms with Crippen molar-refractivity contribution in [3.8, 4) is 23.0 Å². The van der Waals surface area contributed by atoms with Gasteiger partial charge in [0.2, 0.25) is 0 Å². The maximum absolute atomic E-state index is 6.24. The molecule has 2 saturated heterocycles. The van der Waals surface area contributed by atoms with E-state index in [1.54, 1.807) is 7.11 Å². The van der Waals surface area contributed by atoms with Crippen molar-refractivity contribution in [3.63, 3.8) is 0 Å². The average molecular weight is 493 g/mol. The van der Waals surface area contributed by atoms with Gasteiger partial charge in [0, 0.05) is 36.8 Å². The van der Waals surface area contributed by atoms with E-state index in [1.807, 2.05) is 25.1 Å². The second-order valence-electron chi connectivity index (χ2n) is 10.4. The van der Waals surface area contributed by atoms with Crippen molar-refractivity contribution in [2.75, 3.05) is 65.4 Å². The number of ether oxygens (including phenoxy) is 2. The number of hydrogen-bond acceptors (Lipinski definition) is 7. The Morgan fingerprint density at radius 3 is 2.53 bits per heavy atom. The molecule has 7 nitrogen and oxygen atoms in total. The highest BCUT2D eigenvalue weighted by Gasteiger charge is 2.24. The molecule has 2 aliphatic heterocycles. The fraction of sp³-hybridized carbons (Fsp3) is 0.552. The van der Waals surface area contributed by atoms with Crippen LogP contribution >= 0.6 is 0 Å². The SMILES string of the molecule is COc1cc2c(N(C)C3CCN(C)CC3)cc(-c3ccc(C)o3)nc2cc1OCCCN1CCCC1. The number of pyridine rings is 1. The minimum atomic E-state index is 0.477. The van der Waals surface area contributed by atoms with Gasteiger partial charge in [-0.05, 0) is 96.5 Å². The first kappa shape index (κ1) is 24.9. The third-order valence-corrected chi connectivity index (χ3v) is 7.76. The number of hydrogen-bond donors (Lipinski definition) is 0. The predicted molar refractivity (Wildman–Crippen MR) is 145 cm³/mol. The summed E-state index contributed by atoms with van der Waals surface area (Å²) in [5.41, 5.74) is 2.89. The van der Waals surface area contributed by atoms with E-state index in [-0.39, 0.29) is 0 Å². The Labute approximate surface area is 215 Å². The van der Waals surface area contributed by atoms with Crippen LogP contribution in [0, 0.1) is 6.92 Å². The molecule has 0 radical (unpaired) electrons. The van der Waals surface area contributed by atoms with Crippen LogP contribution in [0.2, 0.25) is 0 Å². The third-order valence-electron chi connectivity index (χ3n) is 7.76. The van der Waals surface area contributed by atoms with Gasteiger partial charge in [-0.1, -0.05) is 0 Å². The van der Waals surface area contributed by atoms with Crippen LogP contribution < -0.4 is 14.4 Å². The molecule has 0 N–H and O–H groups in total. The van der Waals surface area contributed by atoms with Gasteiger partial charge in [0.25, 0.3) is 0 Å². The van der Waals surface area contributed by atoms with Gasteiger partial charge >= 0.3 is 0 Å². The van der Waals surface area contributed by atoms with Crippen molar-refractivity contribution in [1.29, 1.82) is 0 Å². The van der Waals surface area contributed by atoms with E-state index in [9.17, 15) is 0 Å². The first-order valence-corrected chi connectivity index (χ1v) is 13.4. The highest BCUT2D eigenvalue weighted by molar-refractivity contribution is 5.96. The molecular formula is C29H40N4O3. The molecule has 194 valence electrons. The highest BCUT2D eigenvalue weighted by Crippen LogP contribution is 2.39. The average Bonchev–Trinajstić information content (AvgIpc) is 3.57. The number of aromatic nitrogens is 1. The zero-order chi connectivity index (χ0) is 25.1. The number of aryl methyl sites for hydroxylation is 1. The van der Waals surface area contributed by atoms with E-state index in [0.29, 0.717) is 12.6 Å². The predicted octanol–water partition coefficient (Wildman–Crippen LogP) is 5.21. The Morgan fingerprint density at radius 1 is 1.06 bits per heavy atom. The zero-order valence-corrected chi connectivity index (χ0v) is 22.3. The fourth-order valence-corrected chi connectivity index (χ4v) is 5.53. The van der Waals surface area contributed by atoms with Crippen LogP contribution in [0.4, 0.5) is 5.69 Å². The maximum Gasteiger partial charge on any atom is 0.163 e. The molecule has 2 aliphatic rings. The number of piperidine rings is 1. The summed E-state index contributed by atoms with van der Waals surface area (Å²) in [6.07, 6.45) is 5.92. The molecule has 7 heteroatoms. The Kier molecular flexibility index (Phi) is 7.67. The van der Waals surface area contributed by atoms with Crippen LogP contribution in [0.3, 0.4) is 0 Å². The lowest BCUT2D eigenvalue weighted by Gasteiger charge is -2.37. The van der Waals surface area contributed by atoms with Crippen LogP contribution in [-0.2, 0) is 0 Å². The normalized spacial score (nSPS) is 17.7. The molecule has 0 bridgehead atoms. The zero-order valence-electron chi connectivity index (χ0n) is 22.3. The van der Waals surface area contributed by atoms with Crippen molar-refractivity contribution >= 4 is 16.6 Å². The maximum atomic E-state index is 6.24. The quantitative estimate of drug-likeness (QED) is 0.380. The van der Waals surface area contributed by atoms with Gasteiger partial charge in [0.1, 0.15) is 11.5 Å². The van der Waals surface area contributed by atoms with Gasteiger partial charge in [0.15, 0.2) is 17.3 Å². The monoisotopic (exact) mass is 492 g/mol. The molecule has 0 atom stereocenters. The highest BCUT2D eigenvalue weighted by atomic mass is 16.5. The van der Waals surface area contributed by atoms with Crippen LogP contribution in [0.15, 0.2) is 34.7 Å². The van der Waals surface area contributed by atoms with Crippen LogP contribution in [-0.4, -0.2) is 81.4 Å². The first-order chi connectivity index (χ1) is 17.5. The third kappa shape index (κ3) is 5.47. The molecule has 36 heavy (non-hydrogen) atoms. The fourth-order valence-electron chi connectivity index (χ4n) is 5.53. The largest absolute Gasteiger partial charge is 0.493 e. The molecule has 1 aromatic carbocycles. The molecule has 2 aromatic heterocycles. The number of benzene rings is 1. The van der Waals surface area contributed by atoms with E-state index in [1.165, 1.54) is 25.9 Å². The smallest absolute Gasteiger partial charge is 0.163 e. The van der Waals surface area contributed by atoms with Gasteiger partial charge in [-0.2, -0.15) is 0 Å². The summed E-state index contributed by atoms with van der Waals surface area (Å²) in [7, 11) is 6.12. The summed E-state index contributed by atoms with van der Waals surface area (Å²) in [4.78, 5) is 12.4. The van der Waals surface area contributed by atoms with Gasteiger partial charge < -0.3 is 28.6 Å². The van der Waals surface area contributed by atoms with Gasteiger partial charge in [-0.3, -0.25) is 0 Å². The van der Waals surface area contributed by atoms with Gasteiger partial charge in [-0.15, -0.1) is 0 Å². The molecule has 0 aliphatic carbocycles. The van der Waals surface area contributed by atoms with Gasteiger partial charge in [-0.25, -0.2) is 4.98 Å². The Balaban J connectivity index is 1.47. The lowest BCUT2D eigenvalue weighted by atomic mass is 10.0. The number of rotatable bonds is 9. The lowest BCUT2D eigenvalue weighted by molar-refractivity contribution is 0.253. The summed E-state index contributed by atoms with van der Waals surface area (Å²) in [6, 6.07) is 10.8. The lowest BCUT2D eigenvalue weighted by Crippen LogP contribution is -2.42. The van der Waals surface area contributed by atoms with Crippen molar-refractivity contribution < 1.29 is 13.9 Å². The summed E-state index contributed by atoms with van der Waals surface area (Å²) >= 11 is 0. The molecule has 5 rings (SSSR count). The summed E-state index contributed by atoms with van der Waals surface area (Å²) in [5.74, 6) is 3.18. The van der Waals surface area contributed by atoms with Crippen LogP contribution in [0.25, 0.3) is 22.4 Å². The topological polar surface area (TPSA) is 54.2 Å². The second-order valence-corrected chi connectivity index (χ2v) is 10.4. The first-order valence-electron chi connectivity index (χ1n) is 13.4. The standard InChI is InChI=1S/C29H40N4O3/c1-21-8-9-27(36-21)25-19-26(32(3)22-10-15-31(2)16-11-22)23-18-28(34-4)29(20-24(23)30-25)35-17-7-14-33-12-5-6-13-33/h8-9,18-20,22H,5-7,10-17H2,1-4H3. The number of anilines is 1. The molecule has 0 amide bonds. The van der Waals surface area contributed by atoms with E-state index in [2.05, 4.69) is 40.9 Å². The van der Waals surface area contributed by atoms with Crippen molar-refractivity contribution in [2.24, 2.45) is 0 Å². The Bertz CT molecular complexity index is 1160. The number of furan rings is 1. The molecule has 0 unspecified atom stereocenters. The molecule has 0 spiro atoms. The van der Waals surface area contributed by atoms with Gasteiger partial charge in [0.05, 0.1) is 19.2 Å². The van der Waals surface area contributed by atoms with E-state index in [0.717, 1.165) is 84.2 Å². The van der Waals surface area contributed by atoms with Crippen molar-refractivity contribution in [1.82, 2.24) is 14.8 Å². The minimum absolute atomic E-state index is 0.477. The number of nitrogens with zero attached hydrogens (tertiary/aromatic N) is 4. The van der Waals surface area contributed by atoms with E-state index < -0.39 is 0 Å². The summed E-state index contributed by atoms with van der Waals surface area (Å²) < 4.78 is 18.0. The van der Waals surface area contributed by atoms with E-state index in [4.69, 9.17) is 18.9 Å². The van der Waals surface area contributed by atoms with Crippen LogP contribution in [0.5, 0.6) is 11.5 Å². The molecule has 0 saturated carbocycles. The van der Waals surface area contributed by atoms with Crippen molar-refractivity contribution in [3.05, 3.63) is 36.1 Å². The van der Waals surface area contributed by atoms with Crippen LogP contribution in [0.1, 0.15) is 37.9 Å². The number of fused-ring (bicyclic) bond motifs is 1. The Hall–Kier alpha value is -2.77. The molecule has 4 heterocycles. The summed E-state index contributed by atoms with van der Waals surface area (Å²) in [5, 5.41) is 1.07. The molecule has 3 aromatic rings.